The van der Waals surface area contributed by atoms with E-state index in [1.807, 2.05) is 13.8 Å². The van der Waals surface area contributed by atoms with Crippen LogP contribution in [-0.4, -0.2) is 17.1 Å². The largest absolute Gasteiger partial charge is 0.494 e. The first kappa shape index (κ1) is 15.2. The van der Waals surface area contributed by atoms with E-state index >= 15 is 0 Å². The van der Waals surface area contributed by atoms with Gasteiger partial charge in [0.25, 0.3) is 0 Å². The maximum absolute atomic E-state index is 12.8. The Balaban J connectivity index is 0.000000861. The van der Waals surface area contributed by atoms with Gasteiger partial charge in [-0.15, -0.1) is 0 Å². The van der Waals surface area contributed by atoms with Crippen molar-refractivity contribution in [2.75, 3.05) is 7.11 Å². The summed E-state index contributed by atoms with van der Waals surface area (Å²) in [5, 5.41) is -0.0533. The second-order valence-corrected chi connectivity index (χ2v) is 3.49. The Morgan fingerprint density at radius 3 is 2.32 bits per heavy atom. The molecule has 0 unspecified atom stereocenters. The van der Waals surface area contributed by atoms with E-state index in [0.29, 0.717) is 11.6 Å². The zero-order valence-electron chi connectivity index (χ0n) is 11.2. The van der Waals surface area contributed by atoms with Gasteiger partial charge in [0.15, 0.2) is 0 Å². The Kier molecular flexibility index (Phi) is 4.69. The fourth-order valence-corrected chi connectivity index (χ4v) is 1.59. The summed E-state index contributed by atoms with van der Waals surface area (Å²) in [6.07, 6.45) is -3.26. The molecule has 0 bridgehead atoms. The first-order valence-electron chi connectivity index (χ1n) is 5.81. The summed E-state index contributed by atoms with van der Waals surface area (Å²) in [6.45, 7) is 5.61. The van der Waals surface area contributed by atoms with E-state index < -0.39 is 11.7 Å². The number of nitrogens with zero attached hydrogens (tertiary/aromatic N) is 2. The van der Waals surface area contributed by atoms with Crippen molar-refractivity contribution in [2.45, 2.75) is 26.9 Å². The summed E-state index contributed by atoms with van der Waals surface area (Å²) in [5.41, 5.74) is -0.580. The third-order valence-corrected chi connectivity index (χ3v) is 2.36. The highest BCUT2D eigenvalue weighted by Gasteiger charge is 2.33. The van der Waals surface area contributed by atoms with E-state index in [0.717, 1.165) is 6.07 Å². The van der Waals surface area contributed by atoms with Gasteiger partial charge in [-0.25, -0.2) is 9.97 Å². The van der Waals surface area contributed by atoms with Crippen LogP contribution in [0.5, 0.6) is 5.75 Å². The number of rotatable bonds is 1. The number of hydrogen-bond donors (Lipinski definition) is 0. The van der Waals surface area contributed by atoms with Gasteiger partial charge in [-0.1, -0.05) is 13.8 Å². The van der Waals surface area contributed by atoms with Crippen molar-refractivity contribution in [3.63, 3.8) is 0 Å². The summed E-state index contributed by atoms with van der Waals surface area (Å²) >= 11 is 0. The molecule has 6 heteroatoms. The van der Waals surface area contributed by atoms with Crippen LogP contribution in [0, 0.1) is 6.92 Å². The van der Waals surface area contributed by atoms with Crippen molar-refractivity contribution in [1.29, 1.82) is 0 Å². The van der Waals surface area contributed by atoms with Crippen LogP contribution in [0.25, 0.3) is 10.9 Å². The Morgan fingerprint density at radius 2 is 1.79 bits per heavy atom. The molecule has 2 aromatic rings. The van der Waals surface area contributed by atoms with Gasteiger partial charge >= 0.3 is 6.18 Å². The second-order valence-electron chi connectivity index (χ2n) is 3.49. The Hall–Kier alpha value is -1.85. The van der Waals surface area contributed by atoms with Crippen molar-refractivity contribution in [1.82, 2.24) is 9.97 Å². The van der Waals surface area contributed by atoms with Crippen molar-refractivity contribution < 1.29 is 17.9 Å². The van der Waals surface area contributed by atoms with Crippen molar-refractivity contribution >= 4 is 10.9 Å². The highest BCUT2D eigenvalue weighted by molar-refractivity contribution is 5.87. The third kappa shape index (κ3) is 3.13. The number of aryl methyl sites for hydroxylation is 1. The van der Waals surface area contributed by atoms with E-state index in [1.54, 1.807) is 6.92 Å². The fourth-order valence-electron chi connectivity index (χ4n) is 1.59. The average molecular weight is 272 g/mol. The van der Waals surface area contributed by atoms with Crippen LogP contribution in [0.2, 0.25) is 0 Å². The molecular formula is C13H15F3N2O. The van der Waals surface area contributed by atoms with Gasteiger partial charge in [-0.05, 0) is 19.1 Å². The number of benzene rings is 1. The predicted octanol–water partition coefficient (Wildman–Crippen LogP) is 3.99. The maximum atomic E-state index is 12.8. The monoisotopic (exact) mass is 272 g/mol. The molecule has 1 aromatic heterocycles. The standard InChI is InChI=1S/C11H9F3N2O.C2H6/c1-6-15-5-7-8(11(12,13)14)3-4-9(17-2)10(7)16-6;1-2/h3-5H,1-2H3;1-2H3. The van der Waals surface area contributed by atoms with Crippen molar-refractivity contribution in [3.8, 4) is 5.75 Å². The van der Waals surface area contributed by atoms with Gasteiger partial charge in [-0.2, -0.15) is 13.2 Å². The predicted molar refractivity (Wildman–Crippen MR) is 67.2 cm³/mol. The summed E-state index contributed by atoms with van der Waals surface area (Å²) in [6, 6.07) is 2.23. The van der Waals surface area contributed by atoms with Crippen molar-refractivity contribution in [3.05, 3.63) is 29.7 Å². The van der Waals surface area contributed by atoms with Crippen LogP contribution in [0.15, 0.2) is 18.3 Å². The molecule has 0 amide bonds. The lowest BCUT2D eigenvalue weighted by Crippen LogP contribution is -2.07. The Bertz CT molecular complexity index is 568. The highest BCUT2D eigenvalue weighted by Crippen LogP contribution is 2.37. The van der Waals surface area contributed by atoms with Gasteiger partial charge in [0.2, 0.25) is 0 Å². The quantitative estimate of drug-likeness (QED) is 0.787. The Labute approximate surface area is 109 Å². The molecule has 2 rings (SSSR count). The molecule has 0 aliphatic carbocycles. The molecule has 19 heavy (non-hydrogen) atoms. The van der Waals surface area contributed by atoms with Crippen LogP contribution < -0.4 is 4.74 Å². The van der Waals surface area contributed by atoms with Gasteiger partial charge in [0.1, 0.15) is 17.1 Å². The van der Waals surface area contributed by atoms with Gasteiger partial charge in [0.05, 0.1) is 12.7 Å². The molecule has 0 spiro atoms. The summed E-state index contributed by atoms with van der Waals surface area (Å²) in [4.78, 5) is 7.77. The number of fused-ring (bicyclic) bond motifs is 1. The lowest BCUT2D eigenvalue weighted by Gasteiger charge is -2.12. The second kappa shape index (κ2) is 5.86. The first-order valence-corrected chi connectivity index (χ1v) is 5.81. The molecule has 0 radical (unpaired) electrons. The first-order chi connectivity index (χ1) is 8.93. The van der Waals surface area contributed by atoms with Gasteiger partial charge in [0, 0.05) is 11.6 Å². The lowest BCUT2D eigenvalue weighted by molar-refractivity contribution is -0.136. The van der Waals surface area contributed by atoms with Gasteiger partial charge < -0.3 is 4.74 Å². The van der Waals surface area contributed by atoms with E-state index in [1.165, 1.54) is 19.4 Å². The molecule has 104 valence electrons. The number of ether oxygens (including phenoxy) is 1. The third-order valence-electron chi connectivity index (χ3n) is 2.36. The zero-order chi connectivity index (χ0) is 14.6. The number of hydrogen-bond acceptors (Lipinski definition) is 3. The van der Waals surface area contributed by atoms with E-state index in [-0.39, 0.29) is 10.9 Å². The molecule has 0 fully saturated rings. The average Bonchev–Trinajstić information content (AvgIpc) is 2.38. The van der Waals surface area contributed by atoms with Crippen LogP contribution in [0.4, 0.5) is 13.2 Å². The smallest absolute Gasteiger partial charge is 0.417 e. The molecular weight excluding hydrogens is 257 g/mol. The minimum Gasteiger partial charge on any atom is -0.494 e. The maximum Gasteiger partial charge on any atom is 0.417 e. The number of methoxy groups -OCH3 is 1. The molecule has 1 heterocycles. The fraction of sp³-hybridized carbons (Fsp3) is 0.385. The molecule has 0 aliphatic rings. The molecule has 0 aliphatic heterocycles. The number of halogens is 3. The molecule has 0 N–H and O–H groups in total. The summed E-state index contributed by atoms with van der Waals surface area (Å²) in [7, 11) is 1.39. The summed E-state index contributed by atoms with van der Waals surface area (Å²) < 4.78 is 43.3. The molecule has 0 saturated heterocycles. The van der Waals surface area contributed by atoms with E-state index in [4.69, 9.17) is 4.74 Å². The lowest BCUT2D eigenvalue weighted by atomic mass is 10.1. The molecule has 3 nitrogen and oxygen atoms in total. The van der Waals surface area contributed by atoms with E-state index in [2.05, 4.69) is 9.97 Å². The van der Waals surface area contributed by atoms with E-state index in [9.17, 15) is 13.2 Å². The zero-order valence-corrected chi connectivity index (χ0v) is 11.2. The van der Waals surface area contributed by atoms with Gasteiger partial charge in [-0.3, -0.25) is 0 Å². The van der Waals surface area contributed by atoms with Crippen molar-refractivity contribution in [2.24, 2.45) is 0 Å². The number of alkyl halides is 3. The minimum absolute atomic E-state index is 0.0533. The number of aromatic nitrogens is 2. The van der Waals surface area contributed by atoms with Crippen LogP contribution in [0.3, 0.4) is 0 Å². The normalized spacial score (nSPS) is 10.9. The van der Waals surface area contributed by atoms with Crippen LogP contribution in [-0.2, 0) is 6.18 Å². The molecule has 0 atom stereocenters. The minimum atomic E-state index is -4.43. The van der Waals surface area contributed by atoms with Crippen LogP contribution >= 0.6 is 0 Å². The molecule has 1 aromatic carbocycles. The summed E-state index contributed by atoms with van der Waals surface area (Å²) in [5.74, 6) is 0.702. The van der Waals surface area contributed by atoms with Crippen LogP contribution in [0.1, 0.15) is 25.2 Å². The SMILES string of the molecule is CC.COc1ccc(C(F)(F)F)c2cnc(C)nc12. The topological polar surface area (TPSA) is 35.0 Å². The highest BCUT2D eigenvalue weighted by atomic mass is 19.4. The molecule has 0 saturated carbocycles. The Morgan fingerprint density at radius 1 is 1.16 bits per heavy atom.